The van der Waals surface area contributed by atoms with Gasteiger partial charge < -0.3 is 9.29 Å². The second kappa shape index (κ2) is 3.39. The summed E-state index contributed by atoms with van der Waals surface area (Å²) in [5.41, 5.74) is 0.574. The fraction of sp³-hybridized carbons (Fsp3) is 0.125. The molecular formula is C8H7N2O3S-. The van der Waals surface area contributed by atoms with Crippen LogP contribution in [0.4, 0.5) is 0 Å². The molecule has 2 aromatic heterocycles. The first-order valence-electron chi connectivity index (χ1n) is 3.83. The quantitative estimate of drug-likeness (QED) is 0.681. The molecule has 5 nitrogen and oxygen atoms in total. The molecule has 1 atom stereocenters. The minimum absolute atomic E-state index is 0.124. The molecule has 0 aliphatic rings. The molecule has 0 fully saturated rings. The lowest BCUT2D eigenvalue weighted by atomic mass is 10.4. The summed E-state index contributed by atoms with van der Waals surface area (Å²) in [7, 11) is 1.52. The van der Waals surface area contributed by atoms with Gasteiger partial charge in [0.05, 0.1) is 19.5 Å². The fourth-order valence-electron chi connectivity index (χ4n) is 1.18. The molecule has 0 radical (unpaired) electrons. The smallest absolute Gasteiger partial charge is 0.137 e. The van der Waals surface area contributed by atoms with Crippen molar-refractivity contribution in [1.82, 2.24) is 9.38 Å². The van der Waals surface area contributed by atoms with Crippen LogP contribution in [0.3, 0.4) is 0 Å². The Morgan fingerprint density at radius 3 is 3.00 bits per heavy atom. The normalized spacial score (nSPS) is 13.0. The summed E-state index contributed by atoms with van der Waals surface area (Å²) in [4.78, 5) is 3.93. The summed E-state index contributed by atoms with van der Waals surface area (Å²) in [6.45, 7) is 0. The van der Waals surface area contributed by atoms with Crippen molar-refractivity contribution in [1.29, 1.82) is 0 Å². The maximum Gasteiger partial charge on any atom is 0.137 e. The Balaban J connectivity index is 2.69. The lowest BCUT2D eigenvalue weighted by Gasteiger charge is -2.05. The van der Waals surface area contributed by atoms with Crippen molar-refractivity contribution in [3.63, 3.8) is 0 Å². The number of aromatic nitrogens is 2. The predicted molar refractivity (Wildman–Crippen MR) is 48.9 cm³/mol. The zero-order valence-electron chi connectivity index (χ0n) is 7.34. The van der Waals surface area contributed by atoms with E-state index >= 15 is 0 Å². The first-order chi connectivity index (χ1) is 6.72. The highest BCUT2D eigenvalue weighted by molar-refractivity contribution is 7.79. The van der Waals surface area contributed by atoms with Crippen molar-refractivity contribution >= 4 is 16.7 Å². The summed E-state index contributed by atoms with van der Waals surface area (Å²) in [5, 5.41) is 0.124. The molecule has 6 heteroatoms. The molecule has 1 unspecified atom stereocenters. The Morgan fingerprint density at radius 2 is 2.36 bits per heavy atom. The van der Waals surface area contributed by atoms with E-state index in [4.69, 9.17) is 4.74 Å². The molecule has 0 aliphatic heterocycles. The van der Waals surface area contributed by atoms with Crippen molar-refractivity contribution in [2.75, 3.05) is 7.11 Å². The van der Waals surface area contributed by atoms with E-state index in [-0.39, 0.29) is 5.03 Å². The monoisotopic (exact) mass is 211 g/mol. The average molecular weight is 211 g/mol. The molecule has 0 N–H and O–H groups in total. The van der Waals surface area contributed by atoms with E-state index in [0.29, 0.717) is 11.4 Å². The molecule has 0 aromatic carbocycles. The van der Waals surface area contributed by atoms with Crippen LogP contribution in [-0.4, -0.2) is 25.3 Å². The average Bonchev–Trinajstić information content (AvgIpc) is 2.59. The summed E-state index contributed by atoms with van der Waals surface area (Å²) in [6.07, 6.45) is 2.88. The van der Waals surface area contributed by atoms with Crippen LogP contribution in [0.2, 0.25) is 0 Å². The molecule has 74 valence electrons. The Labute approximate surface area is 82.6 Å². The number of nitrogens with zero attached hydrogens (tertiary/aromatic N) is 2. The van der Waals surface area contributed by atoms with Crippen molar-refractivity contribution in [2.45, 2.75) is 5.03 Å². The molecule has 2 aromatic rings. The third-order valence-electron chi connectivity index (χ3n) is 1.85. The molecule has 0 amide bonds. The van der Waals surface area contributed by atoms with E-state index in [1.165, 1.54) is 17.7 Å². The molecule has 14 heavy (non-hydrogen) atoms. The van der Waals surface area contributed by atoms with E-state index in [1.807, 2.05) is 0 Å². The first kappa shape index (κ1) is 9.17. The van der Waals surface area contributed by atoms with Crippen LogP contribution < -0.4 is 4.74 Å². The molecule has 0 bridgehead atoms. The number of imidazole rings is 1. The van der Waals surface area contributed by atoms with Gasteiger partial charge in [-0.2, -0.15) is 0 Å². The van der Waals surface area contributed by atoms with Crippen LogP contribution in [0.5, 0.6) is 5.75 Å². The Kier molecular flexibility index (Phi) is 2.22. The van der Waals surface area contributed by atoms with Gasteiger partial charge in [0.1, 0.15) is 16.4 Å². The van der Waals surface area contributed by atoms with Gasteiger partial charge in [-0.05, 0) is 23.2 Å². The summed E-state index contributed by atoms with van der Waals surface area (Å²) in [6, 6.07) is 3.41. The highest BCUT2D eigenvalue weighted by atomic mass is 32.2. The van der Waals surface area contributed by atoms with Gasteiger partial charge >= 0.3 is 0 Å². The Morgan fingerprint density at radius 1 is 1.57 bits per heavy atom. The van der Waals surface area contributed by atoms with Crippen molar-refractivity contribution in [3.8, 4) is 5.75 Å². The lowest BCUT2D eigenvalue weighted by molar-refractivity contribution is 0.412. The zero-order chi connectivity index (χ0) is 10.1. The SMILES string of the molecule is COc1ccc2ncc(S(=O)[O-])n2c1. The first-order valence-corrected chi connectivity index (χ1v) is 4.90. The minimum Gasteiger partial charge on any atom is -0.767 e. The third kappa shape index (κ3) is 1.38. The van der Waals surface area contributed by atoms with Crippen LogP contribution in [0.15, 0.2) is 29.6 Å². The number of fused-ring (bicyclic) bond motifs is 1. The van der Waals surface area contributed by atoms with E-state index in [1.54, 1.807) is 18.3 Å². The largest absolute Gasteiger partial charge is 0.767 e. The van der Waals surface area contributed by atoms with Crippen LogP contribution >= 0.6 is 0 Å². The topological polar surface area (TPSA) is 66.7 Å². The van der Waals surface area contributed by atoms with E-state index in [2.05, 4.69) is 4.98 Å². The standard InChI is InChI=1S/C8H8N2O3S/c1-13-6-2-3-7-9-4-8(14(11)12)10(7)5-6/h2-5H,1H3,(H,11,12)/p-1. The van der Waals surface area contributed by atoms with Crippen molar-refractivity contribution in [3.05, 3.63) is 24.5 Å². The molecular weight excluding hydrogens is 204 g/mol. The number of rotatable bonds is 2. The number of pyridine rings is 1. The van der Waals surface area contributed by atoms with Gasteiger partial charge in [-0.15, -0.1) is 0 Å². The van der Waals surface area contributed by atoms with Gasteiger partial charge in [0.15, 0.2) is 0 Å². The van der Waals surface area contributed by atoms with Gasteiger partial charge in [0.25, 0.3) is 0 Å². The molecule has 0 aliphatic carbocycles. The zero-order valence-corrected chi connectivity index (χ0v) is 8.15. The predicted octanol–water partition coefficient (Wildman–Crippen LogP) is 0.581. The van der Waals surface area contributed by atoms with Gasteiger partial charge in [0, 0.05) is 0 Å². The van der Waals surface area contributed by atoms with Crippen LogP contribution in [0, 0.1) is 0 Å². The minimum atomic E-state index is -2.29. The van der Waals surface area contributed by atoms with Gasteiger partial charge in [0.2, 0.25) is 0 Å². The highest BCUT2D eigenvalue weighted by Crippen LogP contribution is 2.15. The summed E-state index contributed by atoms with van der Waals surface area (Å²) >= 11 is -2.29. The molecule has 2 heterocycles. The molecule has 0 saturated heterocycles. The number of hydrogen-bond acceptors (Lipinski definition) is 4. The number of ether oxygens (including phenoxy) is 1. The molecule has 2 rings (SSSR count). The number of hydrogen-bond donors (Lipinski definition) is 0. The second-order valence-corrected chi connectivity index (χ2v) is 3.52. The van der Waals surface area contributed by atoms with Gasteiger partial charge in [-0.1, -0.05) is 0 Å². The van der Waals surface area contributed by atoms with Crippen molar-refractivity contribution < 1.29 is 13.5 Å². The highest BCUT2D eigenvalue weighted by Gasteiger charge is 2.03. The number of methoxy groups -OCH3 is 1. The van der Waals surface area contributed by atoms with Crippen LogP contribution in [0.25, 0.3) is 5.65 Å². The maximum atomic E-state index is 10.8. The fourth-order valence-corrected chi connectivity index (χ4v) is 1.63. The maximum absolute atomic E-state index is 10.8. The van der Waals surface area contributed by atoms with E-state index in [0.717, 1.165) is 0 Å². The van der Waals surface area contributed by atoms with Crippen LogP contribution in [-0.2, 0) is 11.1 Å². The summed E-state index contributed by atoms with van der Waals surface area (Å²) < 4.78 is 28.0. The Bertz CT molecular complexity index is 494. The van der Waals surface area contributed by atoms with Crippen LogP contribution in [0.1, 0.15) is 0 Å². The Hall–Kier alpha value is -1.40. The summed E-state index contributed by atoms with van der Waals surface area (Å²) in [5.74, 6) is 0.585. The molecule has 0 saturated carbocycles. The van der Waals surface area contributed by atoms with E-state index in [9.17, 15) is 8.76 Å². The van der Waals surface area contributed by atoms with Gasteiger partial charge in [-0.25, -0.2) is 4.98 Å². The van der Waals surface area contributed by atoms with Gasteiger partial charge in [-0.3, -0.25) is 8.61 Å². The second-order valence-electron chi connectivity index (χ2n) is 2.63. The third-order valence-corrected chi connectivity index (χ3v) is 2.49. The van der Waals surface area contributed by atoms with Crippen molar-refractivity contribution in [2.24, 2.45) is 0 Å². The molecule has 0 spiro atoms. The lowest BCUT2D eigenvalue weighted by Crippen LogP contribution is -1.96. The van der Waals surface area contributed by atoms with E-state index < -0.39 is 11.1 Å².